The van der Waals surface area contributed by atoms with Crippen LogP contribution in [-0.4, -0.2) is 23.1 Å². The predicted molar refractivity (Wildman–Crippen MR) is 80.2 cm³/mol. The average molecular weight is 309 g/mol. The lowest BCUT2D eigenvalue weighted by Gasteiger charge is -2.18. The van der Waals surface area contributed by atoms with Crippen molar-refractivity contribution in [2.24, 2.45) is 5.92 Å². The van der Waals surface area contributed by atoms with Crippen molar-refractivity contribution in [2.45, 2.75) is 25.4 Å². The Labute approximate surface area is 128 Å². The van der Waals surface area contributed by atoms with Crippen molar-refractivity contribution in [3.8, 4) is 0 Å². The fraction of sp³-hybridized carbons (Fsp3) is 0.333. The largest absolute Gasteiger partial charge is 0.481 e. The Balaban J connectivity index is 1.85. The Morgan fingerprint density at radius 1 is 1.38 bits per heavy atom. The molecule has 1 aliphatic rings. The predicted octanol–water partition coefficient (Wildman–Crippen LogP) is 2.73. The fourth-order valence-electron chi connectivity index (χ4n) is 2.26. The summed E-state index contributed by atoms with van der Waals surface area (Å²) in [4.78, 5) is 22.7. The molecule has 21 heavy (non-hydrogen) atoms. The molecule has 1 aromatic rings. The molecule has 3 unspecified atom stereocenters. The number of carbonyl (C=O) groups is 2. The van der Waals surface area contributed by atoms with E-state index >= 15 is 0 Å². The molecule has 0 fully saturated rings. The van der Waals surface area contributed by atoms with Crippen molar-refractivity contribution in [1.82, 2.24) is 10.6 Å². The number of halogens is 1. The van der Waals surface area contributed by atoms with E-state index in [0.717, 1.165) is 5.56 Å². The molecule has 2 rings (SSSR count). The van der Waals surface area contributed by atoms with Crippen LogP contribution in [0.15, 0.2) is 36.4 Å². The van der Waals surface area contributed by atoms with Crippen LogP contribution in [0.4, 0.5) is 4.79 Å². The topological polar surface area (TPSA) is 78.4 Å². The Hall–Kier alpha value is -2.01. The molecular weight excluding hydrogens is 292 g/mol. The lowest BCUT2D eigenvalue weighted by atomic mass is 10.1. The molecule has 0 heterocycles. The van der Waals surface area contributed by atoms with Gasteiger partial charge in [-0.15, -0.1) is 0 Å². The molecule has 6 heteroatoms. The van der Waals surface area contributed by atoms with Gasteiger partial charge in [0.15, 0.2) is 0 Å². The molecule has 0 spiro atoms. The summed E-state index contributed by atoms with van der Waals surface area (Å²) in [5.41, 5.74) is 0.906. The lowest BCUT2D eigenvalue weighted by molar-refractivity contribution is -0.140. The number of carboxylic acids is 1. The van der Waals surface area contributed by atoms with E-state index in [4.69, 9.17) is 16.7 Å². The van der Waals surface area contributed by atoms with Gasteiger partial charge in [0.05, 0.1) is 18.0 Å². The summed E-state index contributed by atoms with van der Waals surface area (Å²) in [7, 11) is 0. The van der Waals surface area contributed by atoms with Crippen molar-refractivity contribution in [3.05, 3.63) is 47.0 Å². The van der Waals surface area contributed by atoms with E-state index in [2.05, 4.69) is 10.6 Å². The second-order valence-corrected chi connectivity index (χ2v) is 5.50. The van der Waals surface area contributed by atoms with Crippen LogP contribution >= 0.6 is 11.6 Å². The molecule has 0 radical (unpaired) electrons. The number of hydrogen-bond acceptors (Lipinski definition) is 2. The highest BCUT2D eigenvalue weighted by atomic mass is 35.5. The first-order valence-corrected chi connectivity index (χ1v) is 7.07. The maximum Gasteiger partial charge on any atom is 0.315 e. The summed E-state index contributed by atoms with van der Waals surface area (Å²) in [5, 5.41) is 15.1. The zero-order chi connectivity index (χ0) is 15.4. The number of urea groups is 1. The summed E-state index contributed by atoms with van der Waals surface area (Å²) in [6.07, 6.45) is 3.70. The van der Waals surface area contributed by atoms with Crippen molar-refractivity contribution in [3.63, 3.8) is 0 Å². The molecule has 3 N–H and O–H groups in total. The number of rotatable bonds is 4. The van der Waals surface area contributed by atoms with E-state index in [1.54, 1.807) is 24.3 Å². The number of carbonyl (C=O) groups excluding carboxylic acids is 1. The van der Waals surface area contributed by atoms with Crippen LogP contribution in [0.25, 0.3) is 0 Å². The standard InChI is InChI=1S/C15H17ClN2O3/c1-9(10-3-2-4-12(16)7-10)17-15(21)18-13-6-5-11(8-13)14(19)20/h2-7,9,11,13H,8H2,1H3,(H,19,20)(H2,17,18,21). The van der Waals surface area contributed by atoms with Gasteiger partial charge in [-0.3, -0.25) is 4.79 Å². The SMILES string of the molecule is CC(NC(=O)NC1C=CC(C(=O)O)C1)c1cccc(Cl)c1. The first-order chi connectivity index (χ1) is 9.95. The summed E-state index contributed by atoms with van der Waals surface area (Å²) in [6, 6.07) is 6.50. The summed E-state index contributed by atoms with van der Waals surface area (Å²) in [6.45, 7) is 1.86. The van der Waals surface area contributed by atoms with Gasteiger partial charge < -0.3 is 15.7 Å². The minimum absolute atomic E-state index is 0.190. The van der Waals surface area contributed by atoms with Gasteiger partial charge in [-0.1, -0.05) is 35.9 Å². The normalized spacial score (nSPS) is 21.8. The van der Waals surface area contributed by atoms with Crippen molar-refractivity contribution >= 4 is 23.6 Å². The number of benzene rings is 1. The van der Waals surface area contributed by atoms with E-state index < -0.39 is 11.9 Å². The third kappa shape index (κ3) is 4.23. The van der Waals surface area contributed by atoms with Gasteiger partial charge >= 0.3 is 12.0 Å². The first kappa shape index (κ1) is 15.4. The monoisotopic (exact) mass is 308 g/mol. The van der Waals surface area contributed by atoms with Crippen LogP contribution in [0.2, 0.25) is 5.02 Å². The van der Waals surface area contributed by atoms with Gasteiger partial charge in [-0.2, -0.15) is 0 Å². The van der Waals surface area contributed by atoms with Gasteiger partial charge in [0.1, 0.15) is 0 Å². The summed E-state index contributed by atoms with van der Waals surface area (Å²) >= 11 is 5.92. The van der Waals surface area contributed by atoms with Gasteiger partial charge in [0.2, 0.25) is 0 Å². The molecule has 1 aromatic carbocycles. The van der Waals surface area contributed by atoms with Gasteiger partial charge in [0, 0.05) is 5.02 Å². The van der Waals surface area contributed by atoms with Crippen molar-refractivity contribution in [1.29, 1.82) is 0 Å². The van der Waals surface area contributed by atoms with E-state index in [-0.39, 0.29) is 18.1 Å². The molecule has 5 nitrogen and oxygen atoms in total. The van der Waals surface area contributed by atoms with Crippen molar-refractivity contribution in [2.75, 3.05) is 0 Å². The Morgan fingerprint density at radius 3 is 2.76 bits per heavy atom. The molecular formula is C15H17ClN2O3. The minimum Gasteiger partial charge on any atom is -0.481 e. The van der Waals surface area contributed by atoms with Crippen LogP contribution in [0, 0.1) is 5.92 Å². The number of aliphatic carboxylic acids is 1. The smallest absolute Gasteiger partial charge is 0.315 e. The molecule has 0 saturated carbocycles. The third-order valence-corrected chi connectivity index (χ3v) is 3.65. The molecule has 2 amide bonds. The molecule has 0 saturated heterocycles. The van der Waals surface area contributed by atoms with Gasteiger partial charge in [-0.25, -0.2) is 4.79 Å². The zero-order valence-corrected chi connectivity index (χ0v) is 12.3. The fourth-order valence-corrected chi connectivity index (χ4v) is 2.45. The number of amides is 2. The third-order valence-electron chi connectivity index (χ3n) is 3.41. The quantitative estimate of drug-likeness (QED) is 0.748. The average Bonchev–Trinajstić information content (AvgIpc) is 2.87. The second kappa shape index (κ2) is 6.63. The minimum atomic E-state index is -0.872. The van der Waals surface area contributed by atoms with E-state index in [1.807, 2.05) is 19.1 Å². The molecule has 0 bridgehead atoms. The number of hydrogen-bond donors (Lipinski definition) is 3. The highest BCUT2D eigenvalue weighted by Gasteiger charge is 2.25. The Bertz CT molecular complexity index is 574. The van der Waals surface area contributed by atoms with E-state index in [1.165, 1.54) is 0 Å². The van der Waals surface area contributed by atoms with E-state index in [0.29, 0.717) is 11.4 Å². The molecule has 0 aromatic heterocycles. The first-order valence-electron chi connectivity index (χ1n) is 6.69. The molecule has 112 valence electrons. The maximum atomic E-state index is 11.9. The van der Waals surface area contributed by atoms with Gasteiger partial charge in [-0.05, 0) is 31.0 Å². The summed E-state index contributed by atoms with van der Waals surface area (Å²) in [5.74, 6) is -1.40. The molecule has 1 aliphatic carbocycles. The molecule has 0 aliphatic heterocycles. The Morgan fingerprint density at radius 2 is 2.14 bits per heavy atom. The highest BCUT2D eigenvalue weighted by Crippen LogP contribution is 2.19. The van der Waals surface area contributed by atoms with Crippen LogP contribution in [0.1, 0.15) is 24.9 Å². The van der Waals surface area contributed by atoms with Crippen LogP contribution in [0.3, 0.4) is 0 Å². The second-order valence-electron chi connectivity index (χ2n) is 5.07. The number of nitrogens with one attached hydrogen (secondary N) is 2. The van der Waals surface area contributed by atoms with Crippen LogP contribution < -0.4 is 10.6 Å². The van der Waals surface area contributed by atoms with Crippen LogP contribution in [0.5, 0.6) is 0 Å². The van der Waals surface area contributed by atoms with Gasteiger partial charge in [0.25, 0.3) is 0 Å². The highest BCUT2D eigenvalue weighted by molar-refractivity contribution is 6.30. The van der Waals surface area contributed by atoms with Crippen molar-refractivity contribution < 1.29 is 14.7 Å². The maximum absolute atomic E-state index is 11.9. The number of carboxylic acid groups (broad SMARTS) is 1. The summed E-state index contributed by atoms with van der Waals surface area (Å²) < 4.78 is 0. The Kier molecular flexibility index (Phi) is 4.85. The van der Waals surface area contributed by atoms with Crippen LogP contribution in [-0.2, 0) is 4.79 Å². The lowest BCUT2D eigenvalue weighted by Crippen LogP contribution is -2.42. The zero-order valence-electron chi connectivity index (χ0n) is 11.5. The molecule has 3 atom stereocenters. The van der Waals surface area contributed by atoms with E-state index in [9.17, 15) is 9.59 Å².